The molecule has 0 bridgehead atoms. The number of hydrogen-bond donors (Lipinski definition) is 8. The summed E-state index contributed by atoms with van der Waals surface area (Å²) >= 11 is 0. The largest absolute Gasteiger partial charge is 0.394 e. The van der Waals surface area contributed by atoms with Crippen LogP contribution in [0.15, 0.2) is 0 Å². The lowest BCUT2D eigenvalue weighted by molar-refractivity contribution is -0.355. The van der Waals surface area contributed by atoms with E-state index in [1.54, 1.807) is 0 Å². The molecule has 11 nitrogen and oxygen atoms in total. The highest BCUT2D eigenvalue weighted by atomic mass is 16.7. The molecule has 0 aliphatic carbocycles. The molecule has 0 saturated carbocycles. The van der Waals surface area contributed by atoms with E-state index in [9.17, 15) is 35.7 Å². The van der Waals surface area contributed by atoms with Gasteiger partial charge in [0.25, 0.3) is 0 Å². The van der Waals surface area contributed by atoms with Crippen molar-refractivity contribution in [1.29, 1.82) is 0 Å². The van der Waals surface area contributed by atoms with Gasteiger partial charge in [-0.2, -0.15) is 0 Å². The zero-order chi connectivity index (χ0) is 17.3. The zero-order valence-electron chi connectivity index (χ0n) is 12.0. The van der Waals surface area contributed by atoms with Crippen LogP contribution in [0.2, 0.25) is 0 Å². The first-order valence-electron chi connectivity index (χ1n) is 7.08. The molecule has 2 heterocycles. The monoisotopic (exact) mass is 342 g/mol. The Labute approximate surface area is 130 Å². The summed E-state index contributed by atoms with van der Waals surface area (Å²) in [7, 11) is 0. The molecule has 0 aromatic carbocycles. The molecule has 23 heavy (non-hydrogen) atoms. The number of aliphatic hydroxyl groups is 8. The molecule has 136 valence electrons. The van der Waals surface area contributed by atoms with Crippen molar-refractivity contribution in [2.24, 2.45) is 0 Å². The minimum atomic E-state index is -1.74. The molecule has 2 rings (SSSR count). The van der Waals surface area contributed by atoms with Crippen LogP contribution in [0.3, 0.4) is 0 Å². The molecule has 0 amide bonds. The smallest absolute Gasteiger partial charge is 0.187 e. The molecule has 0 radical (unpaired) electrons. The van der Waals surface area contributed by atoms with Gasteiger partial charge in [-0.1, -0.05) is 0 Å². The Hall–Kier alpha value is -0.440. The van der Waals surface area contributed by atoms with E-state index < -0.39 is 74.6 Å². The van der Waals surface area contributed by atoms with Crippen molar-refractivity contribution in [3.63, 3.8) is 0 Å². The molecule has 0 spiro atoms. The maximum atomic E-state index is 9.94. The fraction of sp³-hybridized carbons (Fsp3) is 1.00. The van der Waals surface area contributed by atoms with Crippen LogP contribution < -0.4 is 0 Å². The number of ether oxygens (including phenoxy) is 3. The number of rotatable bonds is 4. The summed E-state index contributed by atoms with van der Waals surface area (Å²) in [6.07, 6.45) is -15.6. The van der Waals surface area contributed by atoms with Crippen molar-refractivity contribution < 1.29 is 55.1 Å². The lowest BCUT2D eigenvalue weighted by atomic mass is 9.97. The molecular weight excluding hydrogens is 320 g/mol. The Morgan fingerprint density at radius 3 is 1.83 bits per heavy atom. The molecule has 10 atom stereocenters. The van der Waals surface area contributed by atoms with E-state index >= 15 is 0 Å². The number of aliphatic hydroxyl groups excluding tert-OH is 8. The minimum Gasteiger partial charge on any atom is -0.394 e. The molecule has 2 aliphatic heterocycles. The van der Waals surface area contributed by atoms with Crippen LogP contribution in [0.4, 0.5) is 0 Å². The third kappa shape index (κ3) is 3.65. The Kier molecular flexibility index (Phi) is 6.27. The van der Waals surface area contributed by atoms with Gasteiger partial charge >= 0.3 is 0 Å². The highest BCUT2D eigenvalue weighted by Crippen LogP contribution is 2.28. The van der Waals surface area contributed by atoms with Gasteiger partial charge in [0.15, 0.2) is 12.6 Å². The molecule has 5 unspecified atom stereocenters. The summed E-state index contributed by atoms with van der Waals surface area (Å²) in [6.45, 7) is -1.35. The second-order valence-electron chi connectivity index (χ2n) is 5.53. The Morgan fingerprint density at radius 2 is 1.26 bits per heavy atom. The van der Waals surface area contributed by atoms with Gasteiger partial charge in [0, 0.05) is 0 Å². The van der Waals surface area contributed by atoms with Gasteiger partial charge in [0.2, 0.25) is 0 Å². The Bertz CT molecular complexity index is 378. The molecule has 2 saturated heterocycles. The minimum absolute atomic E-state index is 0.667. The van der Waals surface area contributed by atoms with Crippen LogP contribution in [0.1, 0.15) is 0 Å². The van der Waals surface area contributed by atoms with Gasteiger partial charge in [-0.15, -0.1) is 0 Å². The van der Waals surface area contributed by atoms with E-state index in [0.717, 1.165) is 0 Å². The average Bonchev–Trinajstić information content (AvgIpc) is 2.55. The first-order valence-corrected chi connectivity index (χ1v) is 7.08. The summed E-state index contributed by atoms with van der Waals surface area (Å²) in [4.78, 5) is 0. The van der Waals surface area contributed by atoms with E-state index in [1.165, 1.54) is 0 Å². The van der Waals surface area contributed by atoms with E-state index in [4.69, 9.17) is 19.3 Å². The van der Waals surface area contributed by atoms with Crippen LogP contribution in [-0.2, 0) is 14.2 Å². The molecule has 11 heteroatoms. The second-order valence-corrected chi connectivity index (χ2v) is 5.53. The van der Waals surface area contributed by atoms with E-state index in [2.05, 4.69) is 0 Å². The lowest BCUT2D eigenvalue weighted by Crippen LogP contribution is -2.64. The summed E-state index contributed by atoms with van der Waals surface area (Å²) in [5.74, 6) is 0. The summed E-state index contributed by atoms with van der Waals surface area (Å²) < 4.78 is 15.3. The quantitative estimate of drug-likeness (QED) is 0.243. The Morgan fingerprint density at radius 1 is 0.652 bits per heavy atom. The van der Waals surface area contributed by atoms with E-state index in [1.807, 2.05) is 0 Å². The third-order valence-corrected chi connectivity index (χ3v) is 3.98. The van der Waals surface area contributed by atoms with Crippen LogP contribution in [0, 0.1) is 0 Å². The molecule has 8 N–H and O–H groups in total. The fourth-order valence-electron chi connectivity index (χ4n) is 2.57. The van der Waals surface area contributed by atoms with Gasteiger partial charge < -0.3 is 55.1 Å². The third-order valence-electron chi connectivity index (χ3n) is 3.98. The zero-order valence-corrected chi connectivity index (χ0v) is 12.0. The number of hydrogen-bond acceptors (Lipinski definition) is 11. The normalized spacial score (nSPS) is 51.7. The topological polar surface area (TPSA) is 190 Å². The maximum Gasteiger partial charge on any atom is 0.187 e. The fourth-order valence-corrected chi connectivity index (χ4v) is 2.57. The first kappa shape index (κ1) is 18.9. The van der Waals surface area contributed by atoms with Crippen molar-refractivity contribution in [3.05, 3.63) is 0 Å². The summed E-state index contributed by atoms with van der Waals surface area (Å²) in [5, 5.41) is 76.5. The molecular formula is C12H22O11. The van der Waals surface area contributed by atoms with Gasteiger partial charge in [-0.3, -0.25) is 0 Å². The van der Waals surface area contributed by atoms with Gasteiger partial charge in [-0.05, 0) is 0 Å². The standard InChI is InChI=1S/C12H22O11/c13-1-3-5(15)6(16)9(19)12(22-3)23-10-4(2-14)21-11(20)8(18)7(10)17/h3-20H,1-2H2/t3?,4?,5-,6+,7?,8-,9?,10-,11?,12-/m1/s1. The average molecular weight is 342 g/mol. The molecule has 0 aromatic rings. The van der Waals surface area contributed by atoms with Crippen LogP contribution >= 0.6 is 0 Å². The summed E-state index contributed by atoms with van der Waals surface area (Å²) in [5.41, 5.74) is 0. The van der Waals surface area contributed by atoms with Crippen LogP contribution in [-0.4, -0.2) is 115 Å². The van der Waals surface area contributed by atoms with Crippen molar-refractivity contribution in [2.45, 2.75) is 61.4 Å². The van der Waals surface area contributed by atoms with Crippen LogP contribution in [0.25, 0.3) is 0 Å². The second kappa shape index (κ2) is 7.63. The van der Waals surface area contributed by atoms with Crippen molar-refractivity contribution in [3.8, 4) is 0 Å². The van der Waals surface area contributed by atoms with Gasteiger partial charge in [-0.25, -0.2) is 0 Å². The summed E-state index contributed by atoms with van der Waals surface area (Å²) in [6, 6.07) is 0. The van der Waals surface area contributed by atoms with Gasteiger partial charge in [0.1, 0.15) is 48.8 Å². The van der Waals surface area contributed by atoms with E-state index in [-0.39, 0.29) is 0 Å². The van der Waals surface area contributed by atoms with Crippen molar-refractivity contribution >= 4 is 0 Å². The molecule has 2 fully saturated rings. The predicted octanol–water partition coefficient (Wildman–Crippen LogP) is -5.40. The predicted molar refractivity (Wildman–Crippen MR) is 68.6 cm³/mol. The Balaban J connectivity index is 2.11. The van der Waals surface area contributed by atoms with Crippen LogP contribution in [0.5, 0.6) is 0 Å². The molecule has 2 aliphatic rings. The van der Waals surface area contributed by atoms with Crippen molar-refractivity contribution in [1.82, 2.24) is 0 Å². The van der Waals surface area contributed by atoms with E-state index in [0.29, 0.717) is 0 Å². The molecule has 0 aromatic heterocycles. The van der Waals surface area contributed by atoms with Crippen molar-refractivity contribution in [2.75, 3.05) is 13.2 Å². The maximum absolute atomic E-state index is 9.94. The highest BCUT2D eigenvalue weighted by Gasteiger charge is 2.50. The van der Waals surface area contributed by atoms with Gasteiger partial charge in [0.05, 0.1) is 13.2 Å². The highest BCUT2D eigenvalue weighted by molar-refractivity contribution is 4.93. The lowest BCUT2D eigenvalue weighted by Gasteiger charge is -2.45. The SMILES string of the molecule is OCC1OC(O)[C@H](O)C(O)[C@@H]1O[C@H]1OC(CO)[C@@H](O)[C@H](O)C1O. The first-order chi connectivity index (χ1) is 10.8.